The average molecular weight is 380 g/mol. The third-order valence-corrected chi connectivity index (χ3v) is 5.06. The van der Waals surface area contributed by atoms with Gasteiger partial charge in [0.1, 0.15) is 6.26 Å². The van der Waals surface area contributed by atoms with Gasteiger partial charge in [-0.1, -0.05) is 109 Å². The highest BCUT2D eigenvalue weighted by molar-refractivity contribution is 5.25. The fraction of sp³-hybridized carbons (Fsp3) is 0.750. The van der Waals surface area contributed by atoms with Gasteiger partial charge in [-0.25, -0.2) is 0 Å². The minimum atomic E-state index is 0. The molecule has 3 N–H and O–H groups in total. The second kappa shape index (κ2) is 21.1. The van der Waals surface area contributed by atoms with E-state index in [0.29, 0.717) is 0 Å². The average Bonchev–Trinajstić information content (AvgIpc) is 2.68. The summed E-state index contributed by atoms with van der Waals surface area (Å²) in [7, 11) is 0. The summed E-state index contributed by atoms with van der Waals surface area (Å²) in [6, 6.07) is 0. The van der Waals surface area contributed by atoms with Crippen LogP contribution in [0.3, 0.4) is 0 Å². The Morgan fingerprint density at radius 3 is 1.63 bits per heavy atom. The van der Waals surface area contributed by atoms with Crippen molar-refractivity contribution in [1.29, 1.82) is 0 Å². The number of allylic oxidation sites excluding steroid dienone is 3. The van der Waals surface area contributed by atoms with E-state index in [0.717, 1.165) is 12.3 Å². The number of unbranched alkanes of at least 4 members (excludes halogenated alkanes) is 15. The zero-order valence-electron chi connectivity index (χ0n) is 17.8. The molecule has 0 saturated heterocycles. The highest BCUT2D eigenvalue weighted by Crippen LogP contribution is 2.13. The molecule has 1 aliphatic rings. The largest absolute Gasteiger partial charge is 0.499 e. The fourth-order valence-corrected chi connectivity index (χ4v) is 3.36. The van der Waals surface area contributed by atoms with Crippen molar-refractivity contribution >= 4 is 0 Å². The smallest absolute Gasteiger partial charge is 0.106 e. The molecule has 1 aliphatic heterocycles. The van der Waals surface area contributed by atoms with Crippen LogP contribution in [0.15, 0.2) is 36.4 Å². The summed E-state index contributed by atoms with van der Waals surface area (Å²) in [5, 5.41) is 3.14. The first-order valence-electron chi connectivity index (χ1n) is 11.3. The van der Waals surface area contributed by atoms with Crippen LogP contribution in [-0.2, 0) is 4.74 Å². The Kier molecular flexibility index (Phi) is 20.1. The minimum Gasteiger partial charge on any atom is -0.499 e. The number of dihydropyridines is 1. The van der Waals surface area contributed by atoms with Crippen molar-refractivity contribution in [3.8, 4) is 0 Å². The molecule has 0 aliphatic carbocycles. The van der Waals surface area contributed by atoms with Crippen LogP contribution in [-0.4, -0.2) is 12.1 Å². The molecule has 0 spiro atoms. The Balaban J connectivity index is 0.00000676. The predicted octanol–water partition coefficient (Wildman–Crippen LogP) is 6.95. The highest BCUT2D eigenvalue weighted by Gasteiger charge is 1.95. The summed E-state index contributed by atoms with van der Waals surface area (Å²) in [6.07, 6.45) is 32.3. The normalized spacial score (nSPS) is 14.2. The summed E-state index contributed by atoms with van der Waals surface area (Å²) < 4.78 is 5.58. The van der Waals surface area contributed by atoms with Gasteiger partial charge in [0, 0.05) is 6.20 Å². The molecule has 0 aromatic carbocycles. The van der Waals surface area contributed by atoms with Gasteiger partial charge in [-0.05, 0) is 18.6 Å². The van der Waals surface area contributed by atoms with Crippen molar-refractivity contribution in [3.63, 3.8) is 0 Å². The van der Waals surface area contributed by atoms with Gasteiger partial charge in [0.2, 0.25) is 0 Å². The minimum absolute atomic E-state index is 0. The second-order valence-electron chi connectivity index (χ2n) is 7.61. The molecule has 27 heavy (non-hydrogen) atoms. The van der Waals surface area contributed by atoms with Gasteiger partial charge in [0.15, 0.2) is 0 Å². The van der Waals surface area contributed by atoms with Gasteiger partial charge in [0.05, 0.1) is 12.3 Å². The quantitative estimate of drug-likeness (QED) is 0.207. The van der Waals surface area contributed by atoms with Crippen LogP contribution in [0.1, 0.15) is 110 Å². The van der Waals surface area contributed by atoms with Gasteiger partial charge in [-0.3, -0.25) is 0 Å². The molecular formula is C24H45NO2. The summed E-state index contributed by atoms with van der Waals surface area (Å²) in [5.41, 5.74) is 1.03. The standard InChI is InChI=1S/C24H43NO.H2O/c1-2-3-4-5-6-7-8-9-10-11-12-13-14-15-16-19-22-26-23-24-20-17-18-21-25-24;/h17-18,20-21,23,25H,2-16,19,22H2,1H3;1H2. The molecule has 0 aromatic heterocycles. The SMILES string of the molecule is CCCCCCCCCCCCCCCCCCOC=C1C=CC=CN1.O. The van der Waals surface area contributed by atoms with Crippen molar-refractivity contribution in [2.45, 2.75) is 110 Å². The number of hydrogen-bond acceptors (Lipinski definition) is 2. The highest BCUT2D eigenvalue weighted by atomic mass is 16.5. The first-order chi connectivity index (χ1) is 12.9. The van der Waals surface area contributed by atoms with Gasteiger partial charge in [-0.15, -0.1) is 0 Å². The van der Waals surface area contributed by atoms with Gasteiger partial charge in [-0.2, -0.15) is 0 Å². The van der Waals surface area contributed by atoms with Gasteiger partial charge in [0.25, 0.3) is 0 Å². The number of ether oxygens (including phenoxy) is 1. The topological polar surface area (TPSA) is 52.8 Å². The Labute approximate surface area is 168 Å². The lowest BCUT2D eigenvalue weighted by Crippen LogP contribution is -2.05. The first kappa shape index (κ1) is 25.8. The molecule has 1 heterocycles. The molecule has 0 atom stereocenters. The summed E-state index contributed by atoms with van der Waals surface area (Å²) >= 11 is 0. The van der Waals surface area contributed by atoms with Crippen molar-refractivity contribution < 1.29 is 10.2 Å². The summed E-state index contributed by atoms with van der Waals surface area (Å²) in [6.45, 7) is 3.13. The molecule has 158 valence electrons. The maximum Gasteiger partial charge on any atom is 0.106 e. The molecule has 0 fully saturated rings. The summed E-state index contributed by atoms with van der Waals surface area (Å²) in [4.78, 5) is 0. The molecule has 0 radical (unpaired) electrons. The zero-order valence-corrected chi connectivity index (χ0v) is 17.8. The van der Waals surface area contributed by atoms with E-state index in [1.807, 2.05) is 30.7 Å². The zero-order chi connectivity index (χ0) is 18.5. The van der Waals surface area contributed by atoms with E-state index in [1.54, 1.807) is 0 Å². The van der Waals surface area contributed by atoms with Crippen molar-refractivity contribution in [2.24, 2.45) is 0 Å². The number of hydrogen-bond donors (Lipinski definition) is 1. The van der Waals surface area contributed by atoms with E-state index in [-0.39, 0.29) is 5.48 Å². The second-order valence-corrected chi connectivity index (χ2v) is 7.61. The van der Waals surface area contributed by atoms with Crippen LogP contribution >= 0.6 is 0 Å². The summed E-state index contributed by atoms with van der Waals surface area (Å²) in [5.74, 6) is 0. The molecule has 0 aromatic rings. The van der Waals surface area contributed by atoms with Crippen LogP contribution in [0, 0.1) is 0 Å². The van der Waals surface area contributed by atoms with Gasteiger partial charge < -0.3 is 15.5 Å². The van der Waals surface area contributed by atoms with Gasteiger partial charge >= 0.3 is 0 Å². The lowest BCUT2D eigenvalue weighted by molar-refractivity contribution is 0.237. The van der Waals surface area contributed by atoms with E-state index < -0.39 is 0 Å². The van der Waals surface area contributed by atoms with E-state index in [9.17, 15) is 0 Å². The Morgan fingerprint density at radius 2 is 1.19 bits per heavy atom. The lowest BCUT2D eigenvalue weighted by atomic mass is 10.0. The van der Waals surface area contributed by atoms with Crippen LogP contribution in [0.2, 0.25) is 0 Å². The fourth-order valence-electron chi connectivity index (χ4n) is 3.36. The van der Waals surface area contributed by atoms with Crippen LogP contribution in [0.5, 0.6) is 0 Å². The molecule has 0 saturated carbocycles. The molecule has 0 unspecified atom stereocenters. The Bertz CT molecular complexity index is 388. The van der Waals surface area contributed by atoms with E-state index >= 15 is 0 Å². The number of nitrogens with one attached hydrogen (secondary N) is 1. The van der Waals surface area contributed by atoms with Crippen molar-refractivity contribution in [3.05, 3.63) is 36.4 Å². The van der Waals surface area contributed by atoms with Crippen LogP contribution in [0.4, 0.5) is 0 Å². The molecule has 0 amide bonds. The maximum atomic E-state index is 5.58. The Morgan fingerprint density at radius 1 is 0.704 bits per heavy atom. The molecule has 3 nitrogen and oxygen atoms in total. The van der Waals surface area contributed by atoms with Crippen molar-refractivity contribution in [1.82, 2.24) is 5.32 Å². The first-order valence-corrected chi connectivity index (χ1v) is 11.3. The molecule has 0 bridgehead atoms. The van der Waals surface area contributed by atoms with Crippen molar-refractivity contribution in [2.75, 3.05) is 6.61 Å². The predicted molar refractivity (Wildman–Crippen MR) is 119 cm³/mol. The monoisotopic (exact) mass is 379 g/mol. The Hall–Kier alpha value is -1.22. The van der Waals surface area contributed by atoms with Crippen LogP contribution < -0.4 is 5.32 Å². The van der Waals surface area contributed by atoms with Crippen LogP contribution in [0.25, 0.3) is 0 Å². The lowest BCUT2D eigenvalue weighted by Gasteiger charge is -2.06. The third-order valence-electron chi connectivity index (χ3n) is 5.06. The molecular weight excluding hydrogens is 334 g/mol. The number of rotatable bonds is 18. The van der Waals surface area contributed by atoms with E-state index in [4.69, 9.17) is 4.74 Å². The van der Waals surface area contributed by atoms with E-state index in [2.05, 4.69) is 12.2 Å². The van der Waals surface area contributed by atoms with E-state index in [1.165, 1.54) is 103 Å². The molecule has 3 heteroatoms. The maximum absolute atomic E-state index is 5.58. The molecule has 1 rings (SSSR count). The third kappa shape index (κ3) is 17.9.